The van der Waals surface area contributed by atoms with Crippen LogP contribution in [0.5, 0.6) is 0 Å². The zero-order chi connectivity index (χ0) is 8.04. The van der Waals surface area contributed by atoms with Crippen LogP contribution in [0.25, 0.3) is 0 Å². The largest absolute Gasteiger partial charge is 0.378 e. The second kappa shape index (κ2) is 4.23. The fraction of sp³-hybridized carbons (Fsp3) is 0.833. The van der Waals surface area contributed by atoms with Crippen molar-refractivity contribution in [3.8, 4) is 6.07 Å². The standard InChI is InChI=1S/C6H11NO3/c1-8-5-6(4-7,9-2)10-3/h5H2,1-3H3. The predicted octanol–water partition coefficient (Wildman–Crippen LogP) is 0.145. The molecule has 4 heteroatoms. The van der Waals surface area contributed by atoms with Gasteiger partial charge in [0.25, 0.3) is 5.79 Å². The van der Waals surface area contributed by atoms with E-state index in [0.717, 1.165) is 0 Å². The second-order valence-corrected chi connectivity index (χ2v) is 1.71. The summed E-state index contributed by atoms with van der Waals surface area (Å²) >= 11 is 0. The van der Waals surface area contributed by atoms with Crippen LogP contribution in [0.1, 0.15) is 0 Å². The first-order valence-electron chi connectivity index (χ1n) is 2.75. The predicted molar refractivity (Wildman–Crippen MR) is 34.2 cm³/mol. The Balaban J connectivity index is 4.05. The fourth-order valence-electron chi connectivity index (χ4n) is 0.515. The number of nitriles is 1. The van der Waals surface area contributed by atoms with Crippen molar-refractivity contribution >= 4 is 0 Å². The molecule has 0 saturated carbocycles. The van der Waals surface area contributed by atoms with E-state index in [9.17, 15) is 0 Å². The molecule has 0 saturated heterocycles. The van der Waals surface area contributed by atoms with Gasteiger partial charge in [0, 0.05) is 21.3 Å². The van der Waals surface area contributed by atoms with Gasteiger partial charge in [0.05, 0.1) is 0 Å². The minimum atomic E-state index is -1.24. The first kappa shape index (κ1) is 9.37. The fourth-order valence-corrected chi connectivity index (χ4v) is 0.515. The molecule has 4 nitrogen and oxygen atoms in total. The van der Waals surface area contributed by atoms with Gasteiger partial charge < -0.3 is 14.2 Å². The molecule has 10 heavy (non-hydrogen) atoms. The topological polar surface area (TPSA) is 51.5 Å². The molecule has 0 amide bonds. The number of hydrogen-bond donors (Lipinski definition) is 0. The van der Waals surface area contributed by atoms with Crippen LogP contribution >= 0.6 is 0 Å². The molecule has 0 rings (SSSR count). The van der Waals surface area contributed by atoms with Crippen molar-refractivity contribution in [1.82, 2.24) is 0 Å². The Morgan fingerprint density at radius 2 is 1.80 bits per heavy atom. The smallest absolute Gasteiger partial charge is 0.283 e. The Bertz CT molecular complexity index is 125. The highest BCUT2D eigenvalue weighted by molar-refractivity contribution is 4.93. The maximum Gasteiger partial charge on any atom is 0.283 e. The molecule has 58 valence electrons. The highest BCUT2D eigenvalue weighted by Crippen LogP contribution is 2.08. The maximum absolute atomic E-state index is 8.53. The molecule has 0 unspecified atom stereocenters. The Morgan fingerprint density at radius 1 is 1.30 bits per heavy atom. The van der Waals surface area contributed by atoms with Crippen LogP contribution in [0.4, 0.5) is 0 Å². The quantitative estimate of drug-likeness (QED) is 0.528. The van der Waals surface area contributed by atoms with Crippen LogP contribution in [0, 0.1) is 11.3 Å². The molecule has 0 heterocycles. The normalized spacial score (nSPS) is 11.0. The maximum atomic E-state index is 8.53. The molecule has 0 aliphatic rings. The van der Waals surface area contributed by atoms with Gasteiger partial charge in [-0.2, -0.15) is 5.26 Å². The van der Waals surface area contributed by atoms with E-state index in [-0.39, 0.29) is 6.61 Å². The Kier molecular flexibility index (Phi) is 3.96. The molecular weight excluding hydrogens is 134 g/mol. The van der Waals surface area contributed by atoms with Gasteiger partial charge in [-0.3, -0.25) is 0 Å². The van der Waals surface area contributed by atoms with Crippen molar-refractivity contribution in [3.63, 3.8) is 0 Å². The van der Waals surface area contributed by atoms with E-state index >= 15 is 0 Å². The molecule has 0 aromatic carbocycles. The molecule has 0 radical (unpaired) electrons. The third-order valence-corrected chi connectivity index (χ3v) is 1.16. The lowest BCUT2D eigenvalue weighted by atomic mass is 10.3. The minimum Gasteiger partial charge on any atom is -0.378 e. The van der Waals surface area contributed by atoms with Gasteiger partial charge in [0.15, 0.2) is 0 Å². The van der Waals surface area contributed by atoms with E-state index in [2.05, 4.69) is 0 Å². The van der Waals surface area contributed by atoms with Gasteiger partial charge in [-0.25, -0.2) is 0 Å². The molecule has 0 atom stereocenters. The zero-order valence-corrected chi connectivity index (χ0v) is 6.38. The van der Waals surface area contributed by atoms with Crippen molar-refractivity contribution in [1.29, 1.82) is 5.26 Å². The summed E-state index contributed by atoms with van der Waals surface area (Å²) in [6, 6.07) is 1.85. The summed E-state index contributed by atoms with van der Waals surface area (Å²) < 4.78 is 14.2. The van der Waals surface area contributed by atoms with Crippen LogP contribution in [0.3, 0.4) is 0 Å². The Morgan fingerprint density at radius 3 is 1.90 bits per heavy atom. The number of methoxy groups -OCH3 is 3. The summed E-state index contributed by atoms with van der Waals surface area (Å²) in [6.07, 6.45) is 0. The zero-order valence-electron chi connectivity index (χ0n) is 6.38. The molecule has 0 N–H and O–H groups in total. The molecule has 0 fully saturated rings. The third-order valence-electron chi connectivity index (χ3n) is 1.16. The van der Waals surface area contributed by atoms with Crippen LogP contribution in [0.2, 0.25) is 0 Å². The number of ether oxygens (including phenoxy) is 3. The minimum absolute atomic E-state index is 0.108. The highest BCUT2D eigenvalue weighted by atomic mass is 16.7. The average molecular weight is 145 g/mol. The summed E-state index contributed by atoms with van der Waals surface area (Å²) in [5, 5.41) is 8.53. The molecule has 0 bridgehead atoms. The van der Waals surface area contributed by atoms with E-state index < -0.39 is 5.79 Å². The molecule has 0 spiro atoms. The summed E-state index contributed by atoms with van der Waals surface area (Å²) in [5.74, 6) is -1.24. The first-order chi connectivity index (χ1) is 4.74. The molecule has 0 aliphatic heterocycles. The van der Waals surface area contributed by atoms with E-state index in [0.29, 0.717) is 0 Å². The third kappa shape index (κ3) is 1.95. The molecule has 0 aliphatic carbocycles. The van der Waals surface area contributed by atoms with E-state index in [1.807, 2.05) is 6.07 Å². The van der Waals surface area contributed by atoms with Gasteiger partial charge in [-0.1, -0.05) is 0 Å². The molecule has 0 aromatic rings. The van der Waals surface area contributed by atoms with Crippen molar-refractivity contribution in [2.45, 2.75) is 5.79 Å². The van der Waals surface area contributed by atoms with Crippen LogP contribution in [0.15, 0.2) is 0 Å². The summed E-state index contributed by atoms with van der Waals surface area (Å²) in [4.78, 5) is 0. The van der Waals surface area contributed by atoms with Crippen LogP contribution < -0.4 is 0 Å². The number of rotatable bonds is 4. The van der Waals surface area contributed by atoms with Gasteiger partial charge >= 0.3 is 0 Å². The second-order valence-electron chi connectivity index (χ2n) is 1.71. The van der Waals surface area contributed by atoms with Crippen LogP contribution in [-0.4, -0.2) is 33.7 Å². The number of hydrogen-bond acceptors (Lipinski definition) is 4. The van der Waals surface area contributed by atoms with Crippen molar-refractivity contribution in [2.75, 3.05) is 27.9 Å². The van der Waals surface area contributed by atoms with Crippen molar-refractivity contribution in [2.24, 2.45) is 0 Å². The lowest BCUT2D eigenvalue weighted by Gasteiger charge is -2.21. The molecule has 0 aromatic heterocycles. The summed E-state index contributed by atoms with van der Waals surface area (Å²) in [6.45, 7) is 0.108. The van der Waals surface area contributed by atoms with Gasteiger partial charge in [-0.15, -0.1) is 0 Å². The Hall–Kier alpha value is -0.630. The lowest BCUT2D eigenvalue weighted by molar-refractivity contribution is -0.191. The highest BCUT2D eigenvalue weighted by Gasteiger charge is 2.29. The van der Waals surface area contributed by atoms with E-state index in [4.69, 9.17) is 19.5 Å². The monoisotopic (exact) mass is 145 g/mol. The van der Waals surface area contributed by atoms with E-state index in [1.54, 1.807) is 0 Å². The van der Waals surface area contributed by atoms with Crippen LogP contribution in [-0.2, 0) is 14.2 Å². The summed E-state index contributed by atoms with van der Waals surface area (Å²) in [5.41, 5.74) is 0. The van der Waals surface area contributed by atoms with Crippen molar-refractivity contribution < 1.29 is 14.2 Å². The van der Waals surface area contributed by atoms with E-state index in [1.165, 1.54) is 21.3 Å². The van der Waals surface area contributed by atoms with Gasteiger partial charge in [0.1, 0.15) is 12.7 Å². The van der Waals surface area contributed by atoms with Gasteiger partial charge in [0.2, 0.25) is 0 Å². The summed E-state index contributed by atoms with van der Waals surface area (Å²) in [7, 11) is 4.27. The number of nitrogens with zero attached hydrogens (tertiary/aromatic N) is 1. The molecular formula is C6H11NO3. The van der Waals surface area contributed by atoms with Crippen molar-refractivity contribution in [3.05, 3.63) is 0 Å². The lowest BCUT2D eigenvalue weighted by Crippen LogP contribution is -2.36. The Labute approximate surface area is 60.3 Å². The first-order valence-corrected chi connectivity index (χ1v) is 2.75. The SMILES string of the molecule is COCC(C#N)(OC)OC. The average Bonchev–Trinajstić information content (AvgIpc) is 2.01. The van der Waals surface area contributed by atoms with Gasteiger partial charge in [-0.05, 0) is 0 Å².